The zero-order valence-electron chi connectivity index (χ0n) is 13.6. The van der Waals surface area contributed by atoms with Gasteiger partial charge in [-0.15, -0.1) is 0 Å². The molecule has 1 aromatic heterocycles. The maximum Gasteiger partial charge on any atom is 0.335 e. The summed E-state index contributed by atoms with van der Waals surface area (Å²) < 4.78 is 0. The minimum absolute atomic E-state index is 0.339. The van der Waals surface area contributed by atoms with Gasteiger partial charge in [0.2, 0.25) is 0 Å². The van der Waals surface area contributed by atoms with Crippen LogP contribution < -0.4 is 0 Å². The van der Waals surface area contributed by atoms with Crippen molar-refractivity contribution in [3.8, 4) is 0 Å². The normalized spacial score (nSPS) is 18.7. The zero-order chi connectivity index (χ0) is 15.8. The standard InChI is InChI=1S/C18H28N2O2/c1-2-3-12-20-13-6-9-17(20)8-5-4-7-16-14-15(18(21)22)10-11-19-16/h10-11,14,17H,2-9,12-13H2,1H3,(H,21,22). The van der Waals surface area contributed by atoms with Crippen LogP contribution in [0.1, 0.15) is 67.9 Å². The fraction of sp³-hybridized carbons (Fsp3) is 0.667. The van der Waals surface area contributed by atoms with E-state index in [9.17, 15) is 4.79 Å². The van der Waals surface area contributed by atoms with E-state index in [-0.39, 0.29) is 0 Å². The van der Waals surface area contributed by atoms with E-state index in [1.165, 1.54) is 51.6 Å². The zero-order valence-corrected chi connectivity index (χ0v) is 13.6. The third kappa shape index (κ3) is 5.09. The largest absolute Gasteiger partial charge is 0.478 e. The lowest BCUT2D eigenvalue weighted by molar-refractivity contribution is 0.0696. The average molecular weight is 304 g/mol. The fourth-order valence-corrected chi connectivity index (χ4v) is 3.31. The van der Waals surface area contributed by atoms with Crippen molar-refractivity contribution in [2.75, 3.05) is 13.1 Å². The summed E-state index contributed by atoms with van der Waals surface area (Å²) >= 11 is 0. The minimum Gasteiger partial charge on any atom is -0.478 e. The van der Waals surface area contributed by atoms with E-state index < -0.39 is 5.97 Å². The number of pyridine rings is 1. The van der Waals surface area contributed by atoms with Gasteiger partial charge in [-0.3, -0.25) is 4.98 Å². The van der Waals surface area contributed by atoms with Crippen molar-refractivity contribution in [1.29, 1.82) is 0 Å². The Kier molecular flexibility index (Phi) is 6.84. The van der Waals surface area contributed by atoms with Gasteiger partial charge in [-0.2, -0.15) is 0 Å². The van der Waals surface area contributed by atoms with Gasteiger partial charge < -0.3 is 10.0 Å². The summed E-state index contributed by atoms with van der Waals surface area (Å²) in [5.41, 5.74) is 1.24. The van der Waals surface area contributed by atoms with E-state index in [1.54, 1.807) is 18.3 Å². The summed E-state index contributed by atoms with van der Waals surface area (Å²) in [5.74, 6) is -0.874. The maximum atomic E-state index is 10.9. The lowest BCUT2D eigenvalue weighted by Crippen LogP contribution is -2.30. The van der Waals surface area contributed by atoms with Crippen molar-refractivity contribution in [3.63, 3.8) is 0 Å². The van der Waals surface area contributed by atoms with Gasteiger partial charge in [0.15, 0.2) is 0 Å². The van der Waals surface area contributed by atoms with Gasteiger partial charge in [0.1, 0.15) is 0 Å². The van der Waals surface area contributed by atoms with Crippen molar-refractivity contribution in [1.82, 2.24) is 9.88 Å². The number of aromatic nitrogens is 1. The number of carbonyl (C=O) groups is 1. The third-order valence-corrected chi connectivity index (χ3v) is 4.58. The first-order valence-electron chi connectivity index (χ1n) is 8.63. The van der Waals surface area contributed by atoms with Crippen LogP contribution in [0.4, 0.5) is 0 Å². The van der Waals surface area contributed by atoms with Crippen LogP contribution >= 0.6 is 0 Å². The molecule has 0 saturated carbocycles. The Morgan fingerprint density at radius 3 is 3.05 bits per heavy atom. The Bertz CT molecular complexity index is 476. The van der Waals surface area contributed by atoms with Crippen LogP contribution in [0.25, 0.3) is 0 Å². The summed E-state index contributed by atoms with van der Waals surface area (Å²) in [7, 11) is 0. The number of hydrogen-bond acceptors (Lipinski definition) is 3. The summed E-state index contributed by atoms with van der Waals surface area (Å²) in [5, 5.41) is 8.99. The second-order valence-electron chi connectivity index (χ2n) is 6.27. The predicted octanol–water partition coefficient (Wildman–Crippen LogP) is 3.76. The number of likely N-dealkylation sites (tertiary alicyclic amines) is 1. The first-order chi connectivity index (χ1) is 10.7. The Morgan fingerprint density at radius 2 is 2.27 bits per heavy atom. The molecule has 1 aliphatic rings. The number of carboxylic acids is 1. The number of carboxylic acid groups (broad SMARTS) is 1. The van der Waals surface area contributed by atoms with E-state index in [1.807, 2.05) is 0 Å². The summed E-state index contributed by atoms with van der Waals surface area (Å²) in [4.78, 5) is 17.9. The van der Waals surface area contributed by atoms with E-state index in [2.05, 4.69) is 16.8 Å². The van der Waals surface area contributed by atoms with Gasteiger partial charge in [0.25, 0.3) is 0 Å². The molecule has 1 atom stereocenters. The van der Waals surface area contributed by atoms with Crippen molar-refractivity contribution in [2.24, 2.45) is 0 Å². The van der Waals surface area contributed by atoms with Crippen LogP contribution in [0.3, 0.4) is 0 Å². The smallest absolute Gasteiger partial charge is 0.335 e. The van der Waals surface area contributed by atoms with E-state index in [0.717, 1.165) is 24.6 Å². The second kappa shape index (κ2) is 8.89. The van der Waals surface area contributed by atoms with Crippen LogP contribution in [-0.4, -0.2) is 40.1 Å². The van der Waals surface area contributed by atoms with E-state index in [0.29, 0.717) is 5.56 Å². The number of unbranched alkanes of at least 4 members (excludes halogenated alkanes) is 2. The van der Waals surface area contributed by atoms with Crippen LogP contribution in [0.15, 0.2) is 18.3 Å². The summed E-state index contributed by atoms with van der Waals surface area (Å²) in [6.07, 6.45) is 11.3. The molecule has 122 valence electrons. The van der Waals surface area contributed by atoms with Crippen LogP contribution in [0.2, 0.25) is 0 Å². The van der Waals surface area contributed by atoms with E-state index >= 15 is 0 Å². The topological polar surface area (TPSA) is 53.4 Å². The van der Waals surface area contributed by atoms with Crippen molar-refractivity contribution in [3.05, 3.63) is 29.6 Å². The molecule has 1 fully saturated rings. The van der Waals surface area contributed by atoms with Crippen molar-refractivity contribution >= 4 is 5.97 Å². The number of aromatic carboxylic acids is 1. The molecular formula is C18H28N2O2. The molecular weight excluding hydrogens is 276 g/mol. The van der Waals surface area contributed by atoms with Gasteiger partial charge in [-0.25, -0.2) is 4.79 Å². The van der Waals surface area contributed by atoms with Gasteiger partial charge in [0, 0.05) is 17.9 Å². The molecule has 2 heterocycles. The quantitative estimate of drug-likeness (QED) is 0.706. The highest BCUT2D eigenvalue weighted by Crippen LogP contribution is 2.22. The highest BCUT2D eigenvalue weighted by molar-refractivity contribution is 5.87. The Hall–Kier alpha value is -1.42. The lowest BCUT2D eigenvalue weighted by atomic mass is 10.0. The number of rotatable bonds is 9. The Labute approximate surface area is 133 Å². The SMILES string of the molecule is CCCCN1CCCC1CCCCc1cc(C(=O)O)ccn1. The molecule has 1 aromatic rings. The van der Waals surface area contributed by atoms with Crippen molar-refractivity contribution < 1.29 is 9.90 Å². The molecule has 1 unspecified atom stereocenters. The molecule has 0 spiro atoms. The molecule has 0 radical (unpaired) electrons. The molecule has 1 saturated heterocycles. The minimum atomic E-state index is -0.874. The fourth-order valence-electron chi connectivity index (χ4n) is 3.31. The molecule has 4 nitrogen and oxygen atoms in total. The molecule has 1 aliphatic heterocycles. The monoisotopic (exact) mass is 304 g/mol. The van der Waals surface area contributed by atoms with Gasteiger partial charge in [-0.1, -0.05) is 19.8 Å². The van der Waals surface area contributed by atoms with Gasteiger partial charge in [-0.05, 0) is 63.7 Å². The molecule has 22 heavy (non-hydrogen) atoms. The molecule has 0 bridgehead atoms. The van der Waals surface area contributed by atoms with E-state index in [4.69, 9.17) is 5.11 Å². The third-order valence-electron chi connectivity index (χ3n) is 4.58. The number of nitrogens with zero attached hydrogens (tertiary/aromatic N) is 2. The highest BCUT2D eigenvalue weighted by atomic mass is 16.4. The van der Waals surface area contributed by atoms with Gasteiger partial charge >= 0.3 is 5.97 Å². The highest BCUT2D eigenvalue weighted by Gasteiger charge is 2.22. The van der Waals surface area contributed by atoms with Crippen molar-refractivity contribution in [2.45, 2.75) is 64.3 Å². The van der Waals surface area contributed by atoms with Crippen LogP contribution in [0.5, 0.6) is 0 Å². The van der Waals surface area contributed by atoms with Gasteiger partial charge in [0.05, 0.1) is 5.56 Å². The summed E-state index contributed by atoms with van der Waals surface area (Å²) in [6, 6.07) is 4.02. The molecule has 2 rings (SSSR count). The first-order valence-corrected chi connectivity index (χ1v) is 8.63. The number of aryl methyl sites for hydroxylation is 1. The lowest BCUT2D eigenvalue weighted by Gasteiger charge is -2.24. The summed E-state index contributed by atoms with van der Waals surface area (Å²) in [6.45, 7) is 4.78. The molecule has 1 N–H and O–H groups in total. The molecule has 0 amide bonds. The first kappa shape index (κ1) is 16.9. The molecule has 0 aliphatic carbocycles. The average Bonchev–Trinajstić information content (AvgIpc) is 2.97. The van der Waals surface area contributed by atoms with Crippen LogP contribution in [-0.2, 0) is 6.42 Å². The predicted molar refractivity (Wildman–Crippen MR) is 88.3 cm³/mol. The second-order valence-corrected chi connectivity index (χ2v) is 6.27. The molecule has 0 aromatic carbocycles. The number of hydrogen-bond donors (Lipinski definition) is 1. The Morgan fingerprint density at radius 1 is 1.41 bits per heavy atom. The van der Waals surface area contributed by atoms with Crippen LogP contribution in [0, 0.1) is 0 Å². The Balaban J connectivity index is 1.70. The molecule has 4 heteroatoms. The maximum absolute atomic E-state index is 10.9.